The number of ether oxygens (including phenoxy) is 1. The molecule has 90 valence electrons. The molecular weight excluding hydrogens is 200 g/mol. The fourth-order valence-corrected chi connectivity index (χ4v) is 1.06. The molecule has 0 aliphatic rings. The van der Waals surface area contributed by atoms with Crippen molar-refractivity contribution >= 4 is 5.97 Å². The Labute approximate surface area is 98.7 Å². The highest BCUT2D eigenvalue weighted by molar-refractivity contribution is 5.65. The minimum absolute atomic E-state index is 0.214. The number of allylic oxidation sites excluding steroid dienone is 5. The topological polar surface area (TPSA) is 26.3 Å². The molecule has 2 heteroatoms. The number of hydrogen-bond acceptors (Lipinski definition) is 2. The van der Waals surface area contributed by atoms with Gasteiger partial charge in [0.25, 0.3) is 0 Å². The average molecular weight is 222 g/mol. The molecule has 0 fully saturated rings. The van der Waals surface area contributed by atoms with Crippen molar-refractivity contribution in [2.75, 3.05) is 6.61 Å². The summed E-state index contributed by atoms with van der Waals surface area (Å²) in [5.41, 5.74) is 0. The monoisotopic (exact) mass is 222 g/mol. The molecule has 2 nitrogen and oxygen atoms in total. The average Bonchev–Trinajstić information content (AvgIpc) is 2.25. The lowest BCUT2D eigenvalue weighted by atomic mass is 10.3. The fraction of sp³-hybridized carbons (Fsp3) is 0.500. The third-order valence-electron chi connectivity index (χ3n) is 1.87. The zero-order chi connectivity index (χ0) is 12.1. The van der Waals surface area contributed by atoms with E-state index in [-0.39, 0.29) is 5.97 Å². The van der Waals surface area contributed by atoms with Crippen LogP contribution in [0.15, 0.2) is 36.5 Å². The van der Waals surface area contributed by atoms with Gasteiger partial charge >= 0.3 is 5.97 Å². The number of carbonyl (C=O) groups excluding carboxylic acids is 1. The Hall–Kier alpha value is -1.31. The molecule has 0 rings (SSSR count). The number of unbranched alkanes of at least 4 members (excludes halogenated alkanes) is 1. The highest BCUT2D eigenvalue weighted by atomic mass is 16.5. The second-order valence-corrected chi connectivity index (χ2v) is 3.48. The molecule has 0 unspecified atom stereocenters. The zero-order valence-electron chi connectivity index (χ0n) is 10.3. The molecule has 16 heavy (non-hydrogen) atoms. The summed E-state index contributed by atoms with van der Waals surface area (Å²) in [5, 5.41) is 0. The summed E-state index contributed by atoms with van der Waals surface area (Å²) in [7, 11) is 0. The van der Waals surface area contributed by atoms with Crippen LogP contribution in [-0.4, -0.2) is 12.6 Å². The third-order valence-corrected chi connectivity index (χ3v) is 1.87. The van der Waals surface area contributed by atoms with Crippen molar-refractivity contribution in [3.05, 3.63) is 36.5 Å². The molecule has 0 aliphatic heterocycles. The summed E-state index contributed by atoms with van der Waals surface area (Å²) in [6.45, 7) is 4.07. The Morgan fingerprint density at radius 3 is 2.50 bits per heavy atom. The van der Waals surface area contributed by atoms with Gasteiger partial charge in [-0.3, -0.25) is 4.79 Å². The van der Waals surface area contributed by atoms with Crippen LogP contribution in [0.2, 0.25) is 0 Å². The van der Waals surface area contributed by atoms with E-state index in [9.17, 15) is 4.79 Å². The molecule has 0 bridgehead atoms. The molecule has 0 saturated heterocycles. The summed E-state index contributed by atoms with van der Waals surface area (Å²) >= 11 is 0. The highest BCUT2D eigenvalue weighted by Crippen LogP contribution is 1.93. The van der Waals surface area contributed by atoms with Gasteiger partial charge in [-0.15, -0.1) is 0 Å². The Kier molecular flexibility index (Phi) is 10.8. The quantitative estimate of drug-likeness (QED) is 0.270. The van der Waals surface area contributed by atoms with E-state index < -0.39 is 0 Å². The summed E-state index contributed by atoms with van der Waals surface area (Å²) in [6, 6.07) is 0. The zero-order valence-corrected chi connectivity index (χ0v) is 10.3. The van der Waals surface area contributed by atoms with Gasteiger partial charge in [0.05, 0.1) is 6.61 Å². The number of hydrogen-bond donors (Lipinski definition) is 0. The first kappa shape index (κ1) is 14.7. The minimum atomic E-state index is -0.214. The lowest BCUT2D eigenvalue weighted by Crippen LogP contribution is -1.98. The lowest BCUT2D eigenvalue weighted by molar-refractivity contribution is -0.140. The molecule has 0 aromatic heterocycles. The smallest absolute Gasteiger partial charge is 0.302 e. The summed E-state index contributed by atoms with van der Waals surface area (Å²) in [6.07, 6.45) is 16.6. The Bertz CT molecular complexity index is 249. The maximum absolute atomic E-state index is 10.4. The predicted molar refractivity (Wildman–Crippen MR) is 68.2 cm³/mol. The van der Waals surface area contributed by atoms with Crippen molar-refractivity contribution in [1.82, 2.24) is 0 Å². The van der Waals surface area contributed by atoms with Crippen molar-refractivity contribution in [1.29, 1.82) is 0 Å². The van der Waals surface area contributed by atoms with Crippen LogP contribution in [-0.2, 0) is 9.53 Å². The molecule has 0 atom stereocenters. The van der Waals surface area contributed by atoms with E-state index in [1.807, 2.05) is 6.08 Å². The first-order valence-corrected chi connectivity index (χ1v) is 5.87. The number of rotatable bonds is 8. The molecular formula is C14H22O2. The van der Waals surface area contributed by atoms with Crippen molar-refractivity contribution < 1.29 is 9.53 Å². The van der Waals surface area contributed by atoms with Crippen LogP contribution in [0.5, 0.6) is 0 Å². The maximum Gasteiger partial charge on any atom is 0.302 e. The molecule has 0 spiro atoms. The normalized spacial score (nSPS) is 11.9. The number of carbonyl (C=O) groups is 1. The molecule has 0 amide bonds. The second-order valence-electron chi connectivity index (χ2n) is 3.48. The van der Waals surface area contributed by atoms with Gasteiger partial charge in [-0.05, 0) is 19.3 Å². The summed E-state index contributed by atoms with van der Waals surface area (Å²) in [5.74, 6) is -0.214. The minimum Gasteiger partial charge on any atom is -0.466 e. The number of esters is 1. The van der Waals surface area contributed by atoms with Gasteiger partial charge in [0.15, 0.2) is 0 Å². The van der Waals surface area contributed by atoms with E-state index in [2.05, 4.69) is 37.3 Å². The van der Waals surface area contributed by atoms with Gasteiger partial charge in [0.1, 0.15) is 0 Å². The van der Waals surface area contributed by atoms with Gasteiger partial charge in [-0.1, -0.05) is 49.8 Å². The van der Waals surface area contributed by atoms with Gasteiger partial charge < -0.3 is 4.74 Å². The maximum atomic E-state index is 10.4. The molecule has 0 radical (unpaired) electrons. The second kappa shape index (κ2) is 11.8. The van der Waals surface area contributed by atoms with E-state index in [0.29, 0.717) is 6.61 Å². The Morgan fingerprint density at radius 2 is 1.81 bits per heavy atom. The van der Waals surface area contributed by atoms with Crippen molar-refractivity contribution in [3.8, 4) is 0 Å². The van der Waals surface area contributed by atoms with Crippen LogP contribution in [0.4, 0.5) is 0 Å². The first-order chi connectivity index (χ1) is 7.77. The van der Waals surface area contributed by atoms with E-state index in [1.54, 1.807) is 0 Å². The van der Waals surface area contributed by atoms with Crippen LogP contribution in [0.3, 0.4) is 0 Å². The fourth-order valence-electron chi connectivity index (χ4n) is 1.06. The van der Waals surface area contributed by atoms with Gasteiger partial charge in [0, 0.05) is 6.92 Å². The summed E-state index contributed by atoms with van der Waals surface area (Å²) in [4.78, 5) is 10.4. The van der Waals surface area contributed by atoms with Gasteiger partial charge in [-0.25, -0.2) is 0 Å². The van der Waals surface area contributed by atoms with Crippen LogP contribution >= 0.6 is 0 Å². The van der Waals surface area contributed by atoms with Crippen LogP contribution < -0.4 is 0 Å². The highest BCUT2D eigenvalue weighted by Gasteiger charge is 1.87. The van der Waals surface area contributed by atoms with Gasteiger partial charge in [-0.2, -0.15) is 0 Å². The molecule has 0 N–H and O–H groups in total. The standard InChI is InChI=1S/C14H22O2/c1-3-4-5-6-7-8-9-10-11-12-13-16-14(2)15/h5-8,10-11H,3-4,9,12-13H2,1-2H3/b6-5-,8-7+,11-10-. The SMILES string of the molecule is CCC/C=C\C=C\C/C=C\CCOC(C)=O. The molecule has 0 aromatic carbocycles. The van der Waals surface area contributed by atoms with Crippen LogP contribution in [0.25, 0.3) is 0 Å². The van der Waals surface area contributed by atoms with Crippen LogP contribution in [0, 0.1) is 0 Å². The van der Waals surface area contributed by atoms with E-state index in [0.717, 1.165) is 19.3 Å². The first-order valence-electron chi connectivity index (χ1n) is 5.87. The molecule has 0 aromatic rings. The predicted octanol–water partition coefficient (Wildman–Crippen LogP) is 3.80. The summed E-state index contributed by atoms with van der Waals surface area (Å²) < 4.78 is 4.79. The lowest BCUT2D eigenvalue weighted by Gasteiger charge is -1.95. The third kappa shape index (κ3) is 12.7. The van der Waals surface area contributed by atoms with Crippen molar-refractivity contribution in [2.45, 2.75) is 39.5 Å². The molecule has 0 heterocycles. The van der Waals surface area contributed by atoms with Crippen molar-refractivity contribution in [2.24, 2.45) is 0 Å². The van der Waals surface area contributed by atoms with Gasteiger partial charge in [0.2, 0.25) is 0 Å². The van der Waals surface area contributed by atoms with Crippen LogP contribution in [0.1, 0.15) is 39.5 Å². The van der Waals surface area contributed by atoms with Crippen molar-refractivity contribution in [3.63, 3.8) is 0 Å². The Morgan fingerprint density at radius 1 is 1.06 bits per heavy atom. The van der Waals surface area contributed by atoms with E-state index in [4.69, 9.17) is 4.74 Å². The largest absolute Gasteiger partial charge is 0.466 e. The molecule has 0 aliphatic carbocycles. The van der Waals surface area contributed by atoms with E-state index >= 15 is 0 Å². The van der Waals surface area contributed by atoms with E-state index in [1.165, 1.54) is 13.3 Å². The molecule has 0 saturated carbocycles. The Balaban J connectivity index is 3.36.